The first-order valence-electron chi connectivity index (χ1n) is 12.5. The minimum Gasteiger partial charge on any atom is -0.550 e. The third-order valence-electron chi connectivity index (χ3n) is 5.94. The second-order valence-corrected chi connectivity index (χ2v) is 11.2. The molecule has 0 spiro atoms. The Kier molecular flexibility index (Phi) is 14.3. The van der Waals surface area contributed by atoms with Crippen molar-refractivity contribution in [3.05, 3.63) is 69.4 Å². The first kappa shape index (κ1) is 31.7. The maximum atomic E-state index is 11.2. The van der Waals surface area contributed by atoms with Crippen LogP contribution in [0.25, 0.3) is 11.1 Å². The highest BCUT2D eigenvalue weighted by molar-refractivity contribution is 7.99. The number of unbranched alkanes of at least 4 members (excludes halogenated alkanes) is 3. The van der Waals surface area contributed by atoms with Gasteiger partial charge in [-0.1, -0.05) is 36.6 Å². The number of carboxylic acid groups (broad SMARTS) is 2. The van der Waals surface area contributed by atoms with Crippen LogP contribution in [0.5, 0.6) is 5.75 Å². The maximum Gasteiger partial charge on any atom is 0.303 e. The first-order chi connectivity index (χ1) is 17.9. The standard InChI is InChI=1S/C29H33ClO5S2.H3N/c30-24-17-23(22-13-16-36-20-22)18-25(19-24)37-15-4-2-1-3-7-21-8-5-9-27(26(21)11-12-29(33)34)35-14-6-10-28(31)32;/h5,8-9,13,16-20H,1-4,6-7,10-12,14-15H2,(H,31,32)(H,33,34);1H3. The van der Waals surface area contributed by atoms with Crippen LogP contribution in [0, 0.1) is 0 Å². The summed E-state index contributed by atoms with van der Waals surface area (Å²) in [5, 5.41) is 24.8. The second kappa shape index (κ2) is 17.1. The van der Waals surface area contributed by atoms with Gasteiger partial charge < -0.3 is 25.9 Å². The molecule has 0 bridgehead atoms. The molecule has 0 radical (unpaired) electrons. The number of carbonyl (C=O) groups is 2. The summed E-state index contributed by atoms with van der Waals surface area (Å²) < 4.78 is 5.81. The van der Waals surface area contributed by atoms with Crippen LogP contribution in [0.15, 0.2) is 58.1 Å². The molecule has 1 heterocycles. The average molecular weight is 578 g/mol. The normalized spacial score (nSPS) is 10.7. The lowest BCUT2D eigenvalue weighted by molar-refractivity contribution is -0.305. The lowest BCUT2D eigenvalue weighted by Gasteiger charge is -2.16. The molecule has 5 N–H and O–H groups in total. The molecule has 0 atom stereocenters. The Balaban J connectivity index is 0.00000507. The van der Waals surface area contributed by atoms with Gasteiger partial charge in [0.25, 0.3) is 0 Å². The van der Waals surface area contributed by atoms with Gasteiger partial charge in [0.2, 0.25) is 0 Å². The Morgan fingerprint density at radius 2 is 1.79 bits per heavy atom. The van der Waals surface area contributed by atoms with Crippen molar-refractivity contribution in [2.75, 3.05) is 12.4 Å². The number of benzene rings is 2. The van der Waals surface area contributed by atoms with Crippen molar-refractivity contribution in [1.29, 1.82) is 0 Å². The van der Waals surface area contributed by atoms with Crippen molar-refractivity contribution in [3.8, 4) is 16.9 Å². The van der Waals surface area contributed by atoms with Gasteiger partial charge in [0, 0.05) is 22.3 Å². The second-order valence-electron chi connectivity index (χ2n) is 8.81. The van der Waals surface area contributed by atoms with E-state index in [2.05, 4.69) is 22.9 Å². The summed E-state index contributed by atoms with van der Waals surface area (Å²) in [6.45, 7) is 0.260. The molecule has 206 valence electrons. The number of carboxylic acids is 2. The van der Waals surface area contributed by atoms with Gasteiger partial charge in [-0.25, -0.2) is 0 Å². The molecule has 2 aromatic carbocycles. The minimum absolute atomic E-state index is 0. The van der Waals surface area contributed by atoms with Gasteiger partial charge in [-0.15, -0.1) is 11.8 Å². The summed E-state index contributed by atoms with van der Waals surface area (Å²) in [4.78, 5) is 23.0. The fraction of sp³-hybridized carbons (Fsp3) is 0.379. The van der Waals surface area contributed by atoms with E-state index in [4.69, 9.17) is 21.4 Å². The Bertz CT molecular complexity index is 1150. The topological polar surface area (TPSA) is 123 Å². The lowest BCUT2D eigenvalue weighted by atomic mass is 9.97. The monoisotopic (exact) mass is 577 g/mol. The number of thiophene rings is 1. The number of thioether (sulfide) groups is 1. The van der Waals surface area contributed by atoms with Crippen LogP contribution in [-0.2, 0) is 22.4 Å². The van der Waals surface area contributed by atoms with Crippen molar-refractivity contribution >= 4 is 46.6 Å². The molecule has 3 aromatic rings. The third kappa shape index (κ3) is 11.1. The van der Waals surface area contributed by atoms with Crippen LogP contribution in [0.2, 0.25) is 5.02 Å². The van der Waals surface area contributed by atoms with E-state index >= 15 is 0 Å². The van der Waals surface area contributed by atoms with E-state index < -0.39 is 11.9 Å². The summed E-state index contributed by atoms with van der Waals surface area (Å²) in [7, 11) is 0. The number of ether oxygens (including phenoxy) is 1. The zero-order valence-corrected chi connectivity index (χ0v) is 24.1. The minimum atomic E-state index is -1.10. The van der Waals surface area contributed by atoms with Gasteiger partial charge in [-0.2, -0.15) is 11.3 Å². The number of quaternary nitrogens is 1. The van der Waals surface area contributed by atoms with Crippen molar-refractivity contribution in [1.82, 2.24) is 6.15 Å². The number of aliphatic carboxylic acids is 2. The van der Waals surface area contributed by atoms with Crippen LogP contribution >= 0.6 is 34.7 Å². The number of halogens is 1. The molecule has 0 amide bonds. The molecule has 1 aromatic heterocycles. The van der Waals surface area contributed by atoms with Crippen LogP contribution in [-0.4, -0.2) is 29.4 Å². The molecule has 38 heavy (non-hydrogen) atoms. The van der Waals surface area contributed by atoms with Crippen molar-refractivity contribution in [3.63, 3.8) is 0 Å². The zero-order chi connectivity index (χ0) is 26.5. The number of carbonyl (C=O) groups excluding carboxylic acids is 1. The molecule has 0 aliphatic rings. The van der Waals surface area contributed by atoms with Crippen LogP contribution < -0.4 is 16.0 Å². The largest absolute Gasteiger partial charge is 0.550 e. The fourth-order valence-electron chi connectivity index (χ4n) is 4.10. The number of hydrogen-bond donors (Lipinski definition) is 2. The van der Waals surface area contributed by atoms with Crippen LogP contribution in [0.3, 0.4) is 0 Å². The molecule has 3 rings (SSSR count). The van der Waals surface area contributed by atoms with E-state index in [-0.39, 0.29) is 25.6 Å². The Morgan fingerprint density at radius 3 is 2.53 bits per heavy atom. The summed E-state index contributed by atoms with van der Waals surface area (Å²) in [6.07, 6.45) is 5.91. The van der Waals surface area contributed by atoms with Crippen molar-refractivity contribution in [2.45, 2.75) is 62.7 Å². The first-order valence-corrected chi connectivity index (χ1v) is 14.8. The van der Waals surface area contributed by atoms with Crippen LogP contribution in [0.1, 0.15) is 56.1 Å². The van der Waals surface area contributed by atoms with Gasteiger partial charge in [0.05, 0.1) is 6.61 Å². The highest BCUT2D eigenvalue weighted by Gasteiger charge is 2.12. The summed E-state index contributed by atoms with van der Waals surface area (Å²) >= 11 is 9.85. The summed E-state index contributed by atoms with van der Waals surface area (Å²) in [6, 6.07) is 14.1. The molecule has 0 saturated carbocycles. The number of aryl methyl sites for hydroxylation is 1. The molecule has 6 nitrogen and oxygen atoms in total. The van der Waals surface area contributed by atoms with E-state index in [9.17, 15) is 14.7 Å². The average Bonchev–Trinajstić information content (AvgIpc) is 3.40. The molecule has 0 aliphatic heterocycles. The summed E-state index contributed by atoms with van der Waals surface area (Å²) in [5.74, 6) is -0.269. The van der Waals surface area contributed by atoms with Gasteiger partial charge in [-0.05, 0) is 108 Å². The van der Waals surface area contributed by atoms with E-state index in [0.29, 0.717) is 18.6 Å². The Hall–Kier alpha value is -2.52. The summed E-state index contributed by atoms with van der Waals surface area (Å²) in [5.41, 5.74) is 4.37. The molecule has 0 unspecified atom stereocenters. The molecule has 0 fully saturated rings. The quantitative estimate of drug-likeness (QED) is 0.128. The van der Waals surface area contributed by atoms with E-state index in [0.717, 1.165) is 59.6 Å². The van der Waals surface area contributed by atoms with Gasteiger partial charge in [-0.3, -0.25) is 4.79 Å². The smallest absolute Gasteiger partial charge is 0.303 e. The van der Waals surface area contributed by atoms with Gasteiger partial charge in [0.15, 0.2) is 0 Å². The van der Waals surface area contributed by atoms with Crippen molar-refractivity contribution < 1.29 is 24.5 Å². The van der Waals surface area contributed by atoms with Crippen LogP contribution in [0.4, 0.5) is 0 Å². The Labute approximate surface area is 238 Å². The van der Waals surface area contributed by atoms with Gasteiger partial charge >= 0.3 is 5.97 Å². The maximum absolute atomic E-state index is 11.2. The third-order valence-corrected chi connectivity index (χ3v) is 7.90. The molecular weight excluding hydrogens is 542 g/mol. The number of rotatable bonds is 17. The highest BCUT2D eigenvalue weighted by Crippen LogP contribution is 2.31. The van der Waals surface area contributed by atoms with E-state index in [1.54, 1.807) is 11.3 Å². The van der Waals surface area contributed by atoms with Crippen molar-refractivity contribution in [2.24, 2.45) is 0 Å². The predicted octanol–water partition coefficient (Wildman–Crippen LogP) is 7.27. The zero-order valence-electron chi connectivity index (χ0n) is 21.7. The van der Waals surface area contributed by atoms with Gasteiger partial charge in [0.1, 0.15) is 5.75 Å². The molecule has 0 aliphatic carbocycles. The molecular formula is C29H36ClNO5S2. The molecule has 0 saturated heterocycles. The highest BCUT2D eigenvalue weighted by atomic mass is 35.5. The van der Waals surface area contributed by atoms with E-state index in [1.165, 1.54) is 10.5 Å². The lowest BCUT2D eigenvalue weighted by Crippen LogP contribution is -2.22. The Morgan fingerprint density at radius 1 is 0.974 bits per heavy atom. The molecule has 9 heteroatoms. The number of hydrogen-bond acceptors (Lipinski definition) is 6. The predicted molar refractivity (Wildman–Crippen MR) is 156 cm³/mol. The fourth-order valence-corrected chi connectivity index (χ4v) is 6.07. The van der Waals surface area contributed by atoms with E-state index in [1.807, 2.05) is 42.1 Å². The SMILES string of the molecule is O=C([O-])CCCOc1cccc(CCCCCCSc2cc(Cl)cc(-c3ccsc3)c2)c1CCC(=O)O.[NH4+].